The molecule has 1 N–H and O–H groups in total. The van der Waals surface area contributed by atoms with E-state index in [0.29, 0.717) is 24.8 Å². The Morgan fingerprint density at radius 3 is 3.04 bits per heavy atom. The van der Waals surface area contributed by atoms with Gasteiger partial charge in [-0.15, -0.1) is 0 Å². The predicted octanol–water partition coefficient (Wildman–Crippen LogP) is 1.80. The normalized spacial score (nSPS) is 17.7. The number of hydrogen-bond donors (Lipinski definition) is 1. The summed E-state index contributed by atoms with van der Waals surface area (Å²) in [6.07, 6.45) is 5.33. The lowest BCUT2D eigenvalue weighted by atomic mass is 10.1. The molecule has 3 heterocycles. The van der Waals surface area contributed by atoms with Gasteiger partial charge < -0.3 is 14.6 Å². The van der Waals surface area contributed by atoms with Crippen LogP contribution >= 0.6 is 0 Å². The number of amides is 2. The molecule has 1 unspecified atom stereocenters. The van der Waals surface area contributed by atoms with Crippen LogP contribution in [0, 0.1) is 11.8 Å². The van der Waals surface area contributed by atoms with Crippen LogP contribution in [-0.2, 0) is 22.7 Å². The molecule has 0 bridgehead atoms. The Balaban J connectivity index is 1.58. The van der Waals surface area contributed by atoms with Crippen LogP contribution in [0.15, 0.2) is 35.2 Å². The van der Waals surface area contributed by atoms with Gasteiger partial charge in [-0.3, -0.25) is 14.3 Å². The van der Waals surface area contributed by atoms with Crippen molar-refractivity contribution in [3.63, 3.8) is 0 Å². The highest BCUT2D eigenvalue weighted by Gasteiger charge is 2.35. The highest BCUT2D eigenvalue weighted by Crippen LogP contribution is 2.25. The second-order valence-corrected chi connectivity index (χ2v) is 6.52. The zero-order valence-corrected chi connectivity index (χ0v) is 13.9. The molecule has 128 valence electrons. The van der Waals surface area contributed by atoms with E-state index >= 15 is 0 Å². The molecule has 7 nitrogen and oxygen atoms in total. The molecule has 24 heavy (non-hydrogen) atoms. The van der Waals surface area contributed by atoms with E-state index in [0.717, 1.165) is 12.2 Å². The molecule has 7 heteroatoms. The molecule has 1 fully saturated rings. The quantitative estimate of drug-likeness (QED) is 0.876. The monoisotopic (exact) mass is 330 g/mol. The molecule has 2 aromatic heterocycles. The van der Waals surface area contributed by atoms with Gasteiger partial charge in [0.1, 0.15) is 5.76 Å². The van der Waals surface area contributed by atoms with Gasteiger partial charge in [0.05, 0.1) is 30.6 Å². The van der Waals surface area contributed by atoms with Crippen LogP contribution in [0.25, 0.3) is 0 Å². The van der Waals surface area contributed by atoms with Crippen molar-refractivity contribution in [2.75, 3.05) is 11.4 Å². The number of aromatic nitrogens is 2. The molecule has 1 atom stereocenters. The summed E-state index contributed by atoms with van der Waals surface area (Å²) in [5, 5.41) is 7.10. The van der Waals surface area contributed by atoms with E-state index in [2.05, 4.69) is 24.3 Å². The van der Waals surface area contributed by atoms with Gasteiger partial charge in [0.15, 0.2) is 0 Å². The minimum Gasteiger partial charge on any atom is -0.467 e. The first-order valence-electron chi connectivity index (χ1n) is 8.16. The molecular weight excluding hydrogens is 308 g/mol. The average Bonchev–Trinajstić information content (AvgIpc) is 3.24. The third kappa shape index (κ3) is 3.67. The van der Waals surface area contributed by atoms with Crippen molar-refractivity contribution in [2.45, 2.75) is 33.4 Å². The van der Waals surface area contributed by atoms with Gasteiger partial charge in [0.2, 0.25) is 11.8 Å². The number of rotatable bonds is 6. The predicted molar refractivity (Wildman–Crippen MR) is 88.1 cm³/mol. The molecule has 1 aliphatic heterocycles. The lowest BCUT2D eigenvalue weighted by Crippen LogP contribution is -2.32. The number of nitrogens with one attached hydrogen (secondary N) is 1. The van der Waals surface area contributed by atoms with Crippen molar-refractivity contribution in [3.8, 4) is 0 Å². The van der Waals surface area contributed by atoms with Gasteiger partial charge >= 0.3 is 0 Å². The number of carbonyl (C=O) groups excluding carboxylic acids is 2. The maximum Gasteiger partial charge on any atom is 0.227 e. The van der Waals surface area contributed by atoms with Crippen LogP contribution in [0.3, 0.4) is 0 Å². The molecule has 0 aliphatic carbocycles. The van der Waals surface area contributed by atoms with E-state index in [9.17, 15) is 9.59 Å². The Bertz CT molecular complexity index is 705. The Hall–Kier alpha value is -2.57. The van der Waals surface area contributed by atoms with E-state index in [-0.39, 0.29) is 24.2 Å². The van der Waals surface area contributed by atoms with Crippen molar-refractivity contribution in [1.29, 1.82) is 0 Å². The lowest BCUT2D eigenvalue weighted by Gasteiger charge is -2.14. The second kappa shape index (κ2) is 6.90. The van der Waals surface area contributed by atoms with Crippen LogP contribution in [0.4, 0.5) is 5.69 Å². The molecule has 0 saturated carbocycles. The Morgan fingerprint density at radius 2 is 2.33 bits per heavy atom. The number of anilines is 1. The van der Waals surface area contributed by atoms with Crippen LogP contribution in [0.2, 0.25) is 0 Å². The van der Waals surface area contributed by atoms with Crippen molar-refractivity contribution in [1.82, 2.24) is 15.1 Å². The maximum atomic E-state index is 12.3. The molecule has 1 aliphatic rings. The summed E-state index contributed by atoms with van der Waals surface area (Å²) in [5.74, 6) is 0.654. The standard InChI is InChI=1S/C17H22N4O3/c1-12(2)9-20-11-14(7-19-20)21-10-13(6-16(21)22)17(23)18-8-15-4-3-5-24-15/h3-5,7,11-13H,6,8-10H2,1-2H3,(H,18,23). The molecule has 2 aromatic rings. The molecule has 3 rings (SSSR count). The minimum atomic E-state index is -0.346. The highest BCUT2D eigenvalue weighted by atomic mass is 16.3. The van der Waals surface area contributed by atoms with Crippen LogP contribution in [0.1, 0.15) is 26.0 Å². The minimum absolute atomic E-state index is 0.0442. The van der Waals surface area contributed by atoms with Crippen LogP contribution in [0.5, 0.6) is 0 Å². The SMILES string of the molecule is CC(C)Cn1cc(N2CC(C(=O)NCc3ccco3)CC2=O)cn1. The van der Waals surface area contributed by atoms with E-state index < -0.39 is 0 Å². The third-order valence-corrected chi connectivity index (χ3v) is 4.00. The number of furan rings is 1. The van der Waals surface area contributed by atoms with E-state index in [4.69, 9.17) is 4.42 Å². The largest absolute Gasteiger partial charge is 0.467 e. The van der Waals surface area contributed by atoms with Crippen molar-refractivity contribution in [3.05, 3.63) is 36.5 Å². The summed E-state index contributed by atoms with van der Waals surface area (Å²) in [6, 6.07) is 3.58. The summed E-state index contributed by atoms with van der Waals surface area (Å²) in [7, 11) is 0. The van der Waals surface area contributed by atoms with Crippen LogP contribution < -0.4 is 10.2 Å². The van der Waals surface area contributed by atoms with Crippen LogP contribution in [-0.4, -0.2) is 28.1 Å². The maximum absolute atomic E-state index is 12.3. The fourth-order valence-corrected chi connectivity index (χ4v) is 2.83. The fraction of sp³-hybridized carbons (Fsp3) is 0.471. The summed E-state index contributed by atoms with van der Waals surface area (Å²) in [6.45, 7) is 5.75. The van der Waals surface area contributed by atoms with E-state index in [1.165, 1.54) is 0 Å². The zero-order valence-electron chi connectivity index (χ0n) is 13.9. The second-order valence-electron chi connectivity index (χ2n) is 6.52. The molecule has 0 spiro atoms. The summed E-state index contributed by atoms with van der Waals surface area (Å²) in [5.41, 5.74) is 0.752. The summed E-state index contributed by atoms with van der Waals surface area (Å²) < 4.78 is 7.02. The Labute approximate surface area is 140 Å². The molecule has 2 amide bonds. The number of hydrogen-bond acceptors (Lipinski definition) is 4. The van der Waals surface area contributed by atoms with Crippen molar-refractivity contribution >= 4 is 17.5 Å². The van der Waals surface area contributed by atoms with Gasteiger partial charge in [-0.1, -0.05) is 13.8 Å². The van der Waals surface area contributed by atoms with E-state index in [1.807, 2.05) is 10.9 Å². The molecule has 0 aromatic carbocycles. The van der Waals surface area contributed by atoms with Gasteiger partial charge in [-0.05, 0) is 18.1 Å². The van der Waals surface area contributed by atoms with Gasteiger partial charge in [-0.25, -0.2) is 0 Å². The average molecular weight is 330 g/mol. The Morgan fingerprint density at radius 1 is 1.50 bits per heavy atom. The number of carbonyl (C=O) groups is 2. The van der Waals surface area contributed by atoms with E-state index in [1.54, 1.807) is 29.5 Å². The summed E-state index contributed by atoms with van der Waals surface area (Å²) >= 11 is 0. The molecule has 1 saturated heterocycles. The molecule has 0 radical (unpaired) electrons. The summed E-state index contributed by atoms with van der Waals surface area (Å²) in [4.78, 5) is 26.1. The van der Waals surface area contributed by atoms with Gasteiger partial charge in [-0.2, -0.15) is 5.10 Å². The fourth-order valence-electron chi connectivity index (χ4n) is 2.83. The van der Waals surface area contributed by atoms with Gasteiger partial charge in [0.25, 0.3) is 0 Å². The Kier molecular flexibility index (Phi) is 4.69. The highest BCUT2D eigenvalue weighted by molar-refractivity contribution is 6.00. The first-order valence-corrected chi connectivity index (χ1v) is 8.16. The first-order chi connectivity index (χ1) is 11.5. The zero-order chi connectivity index (χ0) is 17.1. The number of nitrogens with zero attached hydrogens (tertiary/aromatic N) is 3. The van der Waals surface area contributed by atoms with Crippen molar-refractivity contribution in [2.24, 2.45) is 11.8 Å². The molecular formula is C17H22N4O3. The third-order valence-electron chi connectivity index (χ3n) is 4.00. The lowest BCUT2D eigenvalue weighted by molar-refractivity contribution is -0.126. The van der Waals surface area contributed by atoms with Crippen molar-refractivity contribution < 1.29 is 14.0 Å². The van der Waals surface area contributed by atoms with Gasteiger partial charge in [0, 0.05) is 25.7 Å². The topological polar surface area (TPSA) is 80.4 Å². The first kappa shape index (κ1) is 16.3. The smallest absolute Gasteiger partial charge is 0.227 e.